The normalized spacial score (nSPS) is 20.5. The molecule has 0 unspecified atom stereocenters. The van der Waals surface area contributed by atoms with Gasteiger partial charge in [-0.3, -0.25) is 4.79 Å². The molecule has 0 aromatic heterocycles. The van der Waals surface area contributed by atoms with Crippen LogP contribution in [0.4, 0.5) is 14.5 Å². The van der Waals surface area contributed by atoms with E-state index in [0.717, 1.165) is 0 Å². The van der Waals surface area contributed by atoms with Gasteiger partial charge in [0.1, 0.15) is 18.5 Å². The van der Waals surface area contributed by atoms with Gasteiger partial charge in [0.25, 0.3) is 12.3 Å². The molecular weight excluding hydrogens is 312 g/mol. The van der Waals surface area contributed by atoms with Gasteiger partial charge >= 0.3 is 5.97 Å². The topological polar surface area (TPSA) is 84.9 Å². The van der Waals surface area contributed by atoms with E-state index in [1.54, 1.807) is 19.1 Å². The van der Waals surface area contributed by atoms with Crippen LogP contribution in [0.5, 0.6) is 5.75 Å². The molecule has 1 aromatic carbocycles. The molecule has 1 saturated heterocycles. The number of carbonyl (C=O) groups excluding carboxylic acids is 1. The van der Waals surface area contributed by atoms with Crippen LogP contribution in [0.2, 0.25) is 0 Å². The fourth-order valence-electron chi connectivity index (χ4n) is 2.22. The first-order valence-corrected chi connectivity index (χ1v) is 7.07. The Labute approximate surface area is 131 Å². The van der Waals surface area contributed by atoms with Gasteiger partial charge in [0.2, 0.25) is 0 Å². The number of halogens is 2. The van der Waals surface area contributed by atoms with Crippen molar-refractivity contribution >= 4 is 17.6 Å². The number of carboxylic acids is 1. The molecule has 1 aromatic rings. The molecule has 8 heteroatoms. The van der Waals surface area contributed by atoms with Crippen molar-refractivity contribution in [3.05, 3.63) is 23.8 Å². The van der Waals surface area contributed by atoms with Crippen LogP contribution in [-0.2, 0) is 14.3 Å². The number of rotatable bonds is 6. The van der Waals surface area contributed by atoms with Gasteiger partial charge in [-0.05, 0) is 31.4 Å². The second kappa shape index (κ2) is 7.36. The molecule has 2 N–H and O–H groups in total. The number of amides is 1. The fourth-order valence-corrected chi connectivity index (χ4v) is 2.22. The molecule has 0 aliphatic carbocycles. The highest BCUT2D eigenvalue weighted by Crippen LogP contribution is 2.25. The van der Waals surface area contributed by atoms with Crippen LogP contribution in [0, 0.1) is 6.92 Å². The summed E-state index contributed by atoms with van der Waals surface area (Å²) in [5, 5.41) is 11.4. The minimum atomic E-state index is -2.59. The highest BCUT2D eigenvalue weighted by molar-refractivity contribution is 5.95. The number of carbonyl (C=O) groups is 2. The maximum absolute atomic E-state index is 12.2. The minimum absolute atomic E-state index is 0.249. The quantitative estimate of drug-likeness (QED) is 0.836. The Morgan fingerprint density at radius 2 is 2.09 bits per heavy atom. The molecular formula is C15H17F2NO5. The van der Waals surface area contributed by atoms with E-state index in [1.165, 1.54) is 6.07 Å². The molecule has 126 valence electrons. The van der Waals surface area contributed by atoms with Crippen LogP contribution in [0.1, 0.15) is 18.4 Å². The summed E-state index contributed by atoms with van der Waals surface area (Å²) in [6, 6.07) is 4.68. The van der Waals surface area contributed by atoms with Gasteiger partial charge < -0.3 is 19.9 Å². The Kier molecular flexibility index (Phi) is 5.49. The smallest absolute Gasteiger partial charge is 0.332 e. The number of alkyl halides is 2. The van der Waals surface area contributed by atoms with Crippen molar-refractivity contribution in [2.75, 3.05) is 11.9 Å². The minimum Gasteiger partial charge on any atom is -0.487 e. The van der Waals surface area contributed by atoms with Gasteiger partial charge in [-0.25, -0.2) is 13.6 Å². The highest BCUT2D eigenvalue weighted by Gasteiger charge is 2.34. The molecule has 1 heterocycles. The summed E-state index contributed by atoms with van der Waals surface area (Å²) < 4.78 is 34.6. The molecule has 2 atom stereocenters. The van der Waals surface area contributed by atoms with Crippen molar-refractivity contribution < 1.29 is 33.0 Å². The Balaban J connectivity index is 1.98. The van der Waals surface area contributed by atoms with Crippen molar-refractivity contribution in [2.45, 2.75) is 38.4 Å². The number of benzene rings is 1. The average molecular weight is 329 g/mol. The second-order valence-electron chi connectivity index (χ2n) is 5.20. The van der Waals surface area contributed by atoms with Crippen LogP contribution in [0.15, 0.2) is 18.2 Å². The molecule has 0 spiro atoms. The van der Waals surface area contributed by atoms with Gasteiger partial charge in [0.15, 0.2) is 6.10 Å². The lowest BCUT2D eigenvalue weighted by Gasteiger charge is -2.14. The molecule has 0 bridgehead atoms. The molecule has 0 saturated carbocycles. The Morgan fingerprint density at radius 3 is 2.70 bits per heavy atom. The zero-order valence-corrected chi connectivity index (χ0v) is 12.4. The third-order valence-electron chi connectivity index (χ3n) is 3.41. The summed E-state index contributed by atoms with van der Waals surface area (Å²) in [7, 11) is 0. The molecule has 23 heavy (non-hydrogen) atoms. The van der Waals surface area contributed by atoms with Crippen molar-refractivity contribution in [3.63, 3.8) is 0 Å². The lowest BCUT2D eigenvalue weighted by Crippen LogP contribution is -2.29. The van der Waals surface area contributed by atoms with E-state index in [4.69, 9.17) is 14.6 Å². The standard InChI is InChI=1S/C15H17F2NO5/c1-8-2-3-9(6-12(8)22-7-13(16)17)18-14(19)10-4-5-11(23-10)15(20)21/h2-3,6,10-11,13H,4-5,7H2,1H3,(H,18,19)(H,20,21)/t10-,11+/m0/s1. The molecule has 2 rings (SSSR count). The first-order chi connectivity index (χ1) is 10.9. The number of ether oxygens (including phenoxy) is 2. The number of carboxylic acid groups (broad SMARTS) is 1. The van der Waals surface area contributed by atoms with E-state index >= 15 is 0 Å². The van der Waals surface area contributed by atoms with E-state index in [0.29, 0.717) is 17.7 Å². The first kappa shape index (κ1) is 17.1. The molecule has 1 aliphatic rings. The summed E-state index contributed by atoms with van der Waals surface area (Å²) >= 11 is 0. The number of aryl methyl sites for hydroxylation is 1. The summed E-state index contributed by atoms with van der Waals surface area (Å²) in [6.45, 7) is 0.966. The van der Waals surface area contributed by atoms with E-state index in [1.807, 2.05) is 0 Å². The van der Waals surface area contributed by atoms with E-state index in [-0.39, 0.29) is 12.2 Å². The third-order valence-corrected chi connectivity index (χ3v) is 3.41. The third kappa shape index (κ3) is 4.62. The lowest BCUT2D eigenvalue weighted by molar-refractivity contribution is -0.150. The molecule has 1 amide bonds. The molecule has 1 aliphatic heterocycles. The average Bonchev–Trinajstić information content (AvgIpc) is 2.98. The molecule has 1 fully saturated rings. The van der Waals surface area contributed by atoms with Crippen LogP contribution < -0.4 is 10.1 Å². The Morgan fingerprint density at radius 1 is 1.39 bits per heavy atom. The van der Waals surface area contributed by atoms with Gasteiger partial charge in [-0.15, -0.1) is 0 Å². The largest absolute Gasteiger partial charge is 0.487 e. The SMILES string of the molecule is Cc1ccc(NC(=O)[C@@H]2CC[C@H](C(=O)O)O2)cc1OCC(F)F. The lowest BCUT2D eigenvalue weighted by atomic mass is 10.1. The summed E-state index contributed by atoms with van der Waals surface area (Å²) in [6.07, 6.45) is -3.84. The van der Waals surface area contributed by atoms with Crippen molar-refractivity contribution in [1.82, 2.24) is 0 Å². The van der Waals surface area contributed by atoms with Crippen molar-refractivity contribution in [3.8, 4) is 5.75 Å². The summed E-state index contributed by atoms with van der Waals surface area (Å²) in [5.74, 6) is -1.32. The maximum Gasteiger partial charge on any atom is 0.332 e. The number of hydrogen-bond donors (Lipinski definition) is 2. The monoisotopic (exact) mass is 329 g/mol. The summed E-state index contributed by atoms with van der Waals surface area (Å²) in [4.78, 5) is 22.9. The second-order valence-corrected chi connectivity index (χ2v) is 5.20. The zero-order chi connectivity index (χ0) is 17.0. The predicted octanol–water partition coefficient (Wildman–Crippen LogP) is 2.21. The van der Waals surface area contributed by atoms with Gasteiger partial charge in [0, 0.05) is 11.8 Å². The Bertz CT molecular complexity index is 593. The number of hydrogen-bond acceptors (Lipinski definition) is 4. The van der Waals surface area contributed by atoms with Crippen LogP contribution in [0.3, 0.4) is 0 Å². The molecule has 6 nitrogen and oxygen atoms in total. The number of nitrogens with one attached hydrogen (secondary N) is 1. The van der Waals surface area contributed by atoms with Crippen LogP contribution in [-0.4, -0.2) is 42.2 Å². The van der Waals surface area contributed by atoms with Gasteiger partial charge in [0.05, 0.1) is 0 Å². The predicted molar refractivity (Wildman–Crippen MR) is 76.8 cm³/mol. The Hall–Kier alpha value is -2.22. The number of anilines is 1. The van der Waals surface area contributed by atoms with E-state index in [2.05, 4.69) is 5.32 Å². The number of aliphatic carboxylic acids is 1. The van der Waals surface area contributed by atoms with Gasteiger partial charge in [-0.1, -0.05) is 6.07 Å². The van der Waals surface area contributed by atoms with Crippen LogP contribution >= 0.6 is 0 Å². The maximum atomic E-state index is 12.2. The first-order valence-electron chi connectivity index (χ1n) is 7.07. The van der Waals surface area contributed by atoms with E-state index < -0.39 is 37.1 Å². The van der Waals surface area contributed by atoms with Crippen LogP contribution in [0.25, 0.3) is 0 Å². The highest BCUT2D eigenvalue weighted by atomic mass is 19.3. The van der Waals surface area contributed by atoms with Crippen molar-refractivity contribution in [1.29, 1.82) is 0 Å². The summed E-state index contributed by atoms with van der Waals surface area (Å²) in [5.41, 5.74) is 1.03. The van der Waals surface area contributed by atoms with E-state index in [9.17, 15) is 18.4 Å². The molecule has 0 radical (unpaired) electrons. The van der Waals surface area contributed by atoms with Gasteiger partial charge in [-0.2, -0.15) is 0 Å². The zero-order valence-electron chi connectivity index (χ0n) is 12.4. The fraction of sp³-hybridized carbons (Fsp3) is 0.467. The van der Waals surface area contributed by atoms with Crippen molar-refractivity contribution in [2.24, 2.45) is 0 Å².